The van der Waals surface area contributed by atoms with Gasteiger partial charge in [-0.15, -0.1) is 9.42 Å². The second-order valence-corrected chi connectivity index (χ2v) is 13.0. The molecule has 0 spiro atoms. The summed E-state index contributed by atoms with van der Waals surface area (Å²) in [7, 11) is -7.89. The average Bonchev–Trinajstić information content (AvgIpc) is 3.75. The summed E-state index contributed by atoms with van der Waals surface area (Å²) >= 11 is 0. The number of fused-ring (bicyclic) bond motifs is 2. The number of rotatable bonds is 10. The molecular formula is C21H28N11O11P2+. The molecule has 2 saturated heterocycles. The fraction of sp³-hybridized carbons (Fsp3) is 0.524. The molecule has 6 heterocycles. The Bertz CT molecular complexity index is 1850. The number of nitrogens with two attached hydrogens (primary N) is 3. The maximum Gasteiger partial charge on any atom is 0.694 e. The number of imidazole rings is 2. The summed E-state index contributed by atoms with van der Waals surface area (Å²) in [6.07, 6.45) is -4.54. The van der Waals surface area contributed by atoms with Crippen LogP contribution in [0.1, 0.15) is 12.5 Å². The molecule has 22 nitrogen and oxygen atoms in total. The van der Waals surface area contributed by atoms with Crippen LogP contribution in [-0.4, -0.2) is 109 Å². The molecule has 4 aromatic heterocycles. The van der Waals surface area contributed by atoms with Gasteiger partial charge in [0.05, 0.1) is 25.4 Å². The number of nitrogens with one attached hydrogen (secondary N) is 1. The van der Waals surface area contributed by atoms with Crippen LogP contribution in [0.15, 0.2) is 23.8 Å². The quantitative estimate of drug-likeness (QED) is 0.0804. The van der Waals surface area contributed by atoms with Crippen LogP contribution in [0.25, 0.3) is 22.3 Å². The van der Waals surface area contributed by atoms with Gasteiger partial charge in [0.1, 0.15) is 42.4 Å². The predicted molar refractivity (Wildman–Crippen MR) is 150 cm³/mol. The maximum atomic E-state index is 14.0. The molecule has 0 bridgehead atoms. The van der Waals surface area contributed by atoms with E-state index in [9.17, 15) is 33.9 Å². The zero-order valence-corrected chi connectivity index (χ0v) is 24.7. The Balaban J connectivity index is 1.28. The van der Waals surface area contributed by atoms with Crippen LogP contribution in [0.2, 0.25) is 0 Å². The maximum absolute atomic E-state index is 14.0. The molecule has 242 valence electrons. The van der Waals surface area contributed by atoms with Crippen LogP contribution < -0.4 is 22.8 Å². The highest BCUT2D eigenvalue weighted by Crippen LogP contribution is 2.59. The van der Waals surface area contributed by atoms with E-state index in [0.29, 0.717) is 0 Å². The van der Waals surface area contributed by atoms with Crippen LogP contribution in [0, 0.1) is 5.92 Å². The van der Waals surface area contributed by atoms with Crippen molar-refractivity contribution in [3.63, 3.8) is 0 Å². The molecule has 11 N–H and O–H groups in total. The van der Waals surface area contributed by atoms with Gasteiger partial charge in [-0.3, -0.25) is 23.5 Å². The van der Waals surface area contributed by atoms with Gasteiger partial charge >= 0.3 is 15.9 Å². The minimum Gasteiger partial charge on any atom is -0.387 e. The summed E-state index contributed by atoms with van der Waals surface area (Å²) in [4.78, 5) is 55.3. The molecule has 2 fully saturated rings. The minimum atomic E-state index is -4.84. The molecule has 10 atom stereocenters. The normalized spacial score (nSPS) is 30.3. The molecule has 0 aromatic carbocycles. The van der Waals surface area contributed by atoms with Gasteiger partial charge < -0.3 is 46.3 Å². The summed E-state index contributed by atoms with van der Waals surface area (Å²) in [5.74, 6) is -1.19. The number of ether oxygens (including phenoxy) is 2. The Kier molecular flexibility index (Phi) is 8.39. The summed E-state index contributed by atoms with van der Waals surface area (Å²) in [5, 5.41) is 21.5. The van der Waals surface area contributed by atoms with Crippen molar-refractivity contribution in [3.8, 4) is 0 Å². The summed E-state index contributed by atoms with van der Waals surface area (Å²) < 4.78 is 49.9. The van der Waals surface area contributed by atoms with Gasteiger partial charge in [0, 0.05) is 10.5 Å². The van der Waals surface area contributed by atoms with Crippen molar-refractivity contribution >= 4 is 49.9 Å². The van der Waals surface area contributed by atoms with Crippen molar-refractivity contribution in [2.24, 2.45) is 11.7 Å². The molecule has 0 saturated carbocycles. The topological polar surface area (TPSA) is 337 Å². The van der Waals surface area contributed by atoms with Crippen molar-refractivity contribution in [3.05, 3.63) is 29.3 Å². The van der Waals surface area contributed by atoms with Gasteiger partial charge in [-0.05, 0) is 6.54 Å². The van der Waals surface area contributed by atoms with Gasteiger partial charge in [0.25, 0.3) is 5.56 Å². The Morgan fingerprint density at radius 3 is 2.40 bits per heavy atom. The zero-order valence-electron chi connectivity index (χ0n) is 22.9. The number of anilines is 2. The summed E-state index contributed by atoms with van der Waals surface area (Å²) in [5.41, 5.74) is 15.6. The molecule has 6 rings (SSSR count). The molecule has 0 amide bonds. The lowest BCUT2D eigenvalue weighted by molar-refractivity contribution is -0.0494. The Morgan fingerprint density at radius 1 is 1.00 bits per heavy atom. The molecule has 2 aliphatic heterocycles. The third-order valence-electron chi connectivity index (χ3n) is 7.67. The first kappa shape index (κ1) is 31.5. The number of H-pyrrole nitrogens is 1. The van der Waals surface area contributed by atoms with E-state index < -0.39 is 83.1 Å². The van der Waals surface area contributed by atoms with E-state index in [1.807, 2.05) is 0 Å². The van der Waals surface area contributed by atoms with Crippen molar-refractivity contribution in [1.82, 2.24) is 39.0 Å². The number of aromatic amines is 1. The van der Waals surface area contributed by atoms with E-state index >= 15 is 0 Å². The minimum absolute atomic E-state index is 0.0819. The van der Waals surface area contributed by atoms with Crippen LogP contribution in [0.3, 0.4) is 0 Å². The fourth-order valence-electron chi connectivity index (χ4n) is 5.56. The van der Waals surface area contributed by atoms with Crippen LogP contribution in [0.4, 0.5) is 11.8 Å². The van der Waals surface area contributed by atoms with E-state index in [0.717, 1.165) is 6.33 Å². The number of aliphatic hydroxyl groups is 2. The van der Waals surface area contributed by atoms with Gasteiger partial charge in [-0.1, -0.05) is 0 Å². The number of hydrogen-bond donors (Lipinski definition) is 8. The van der Waals surface area contributed by atoms with Gasteiger partial charge in [-0.2, -0.15) is 4.98 Å². The molecule has 0 aliphatic carbocycles. The molecular weight excluding hydrogens is 644 g/mol. The summed E-state index contributed by atoms with van der Waals surface area (Å²) in [6, 6.07) is 0. The van der Waals surface area contributed by atoms with Gasteiger partial charge in [-0.25, -0.2) is 19.9 Å². The number of aliphatic hydroxyl groups excluding tert-OH is 2. The largest absolute Gasteiger partial charge is 0.694 e. The molecule has 4 aromatic rings. The molecule has 2 unspecified atom stereocenters. The first-order valence-electron chi connectivity index (χ1n) is 13.2. The Morgan fingerprint density at radius 2 is 1.69 bits per heavy atom. The van der Waals surface area contributed by atoms with Crippen molar-refractivity contribution in [1.29, 1.82) is 0 Å². The van der Waals surface area contributed by atoms with E-state index in [2.05, 4.69) is 29.9 Å². The van der Waals surface area contributed by atoms with Gasteiger partial charge in [0.15, 0.2) is 35.1 Å². The number of nitrogens with zero attached hydrogens (tertiary/aromatic N) is 7. The average molecular weight is 672 g/mol. The van der Waals surface area contributed by atoms with Crippen LogP contribution in [0.5, 0.6) is 0 Å². The Hall–Kier alpha value is -3.53. The highest BCUT2D eigenvalue weighted by molar-refractivity contribution is 7.53. The number of nitrogen functional groups attached to an aromatic ring is 2. The van der Waals surface area contributed by atoms with E-state index in [-0.39, 0.29) is 40.6 Å². The Labute approximate surface area is 251 Å². The lowest BCUT2D eigenvalue weighted by atomic mass is 10.0. The second kappa shape index (κ2) is 12.0. The van der Waals surface area contributed by atoms with Crippen molar-refractivity contribution < 1.29 is 47.7 Å². The first-order chi connectivity index (χ1) is 21.4. The fourth-order valence-corrected chi connectivity index (χ4v) is 7.71. The second-order valence-electron chi connectivity index (χ2n) is 10.3. The number of hydrogen-bond acceptors (Lipinski definition) is 17. The highest BCUT2D eigenvalue weighted by Gasteiger charge is 2.56. The smallest absolute Gasteiger partial charge is 0.387 e. The third-order valence-corrected chi connectivity index (χ3v) is 9.95. The van der Waals surface area contributed by atoms with E-state index in [1.54, 1.807) is 0 Å². The number of aromatic nitrogens is 8. The van der Waals surface area contributed by atoms with E-state index in [4.69, 9.17) is 35.7 Å². The first-order valence-corrected chi connectivity index (χ1v) is 16.0. The molecule has 0 radical (unpaired) electrons. The zero-order chi connectivity index (χ0) is 32.2. The predicted octanol–water partition coefficient (Wildman–Crippen LogP) is -2.55. The molecule has 24 heteroatoms. The van der Waals surface area contributed by atoms with Crippen molar-refractivity contribution in [2.45, 2.75) is 42.5 Å². The lowest BCUT2D eigenvalue weighted by Crippen LogP contribution is -2.36. The molecule has 2 aliphatic rings. The standard InChI is InChI=1S/C21H27N11O11P2/c22-1-7-8(2-40-44(36)37)42-20(32-6-28-11-17(32)29-21(24)30-18(11)35)14(7)45(38,39)41-3-9-12(33)13(34)19(43-9)31-5-27-10-15(23)25-4-26-16(10)31/h4-9,12-14,19-20,33-34H,1-3,22H2,(H6-,23,24,25,26,29,30,35,36,37,38,39)/p+1/t7-,8-,9-,12-,13-,14-,19-,20-/m1/s1. The lowest BCUT2D eigenvalue weighted by Gasteiger charge is -2.28. The SMILES string of the molecule is NC[C@H]1[C@@H](P(=O)(O)OC[C@H]2O[C@@H](n3cnc4c(N)ncnc43)[C@H](O)[C@@H]2O)[C@H](n2cnc3c(=O)[nH]c(N)nc32)O[C@@H]1CO[P+](=O)O. The van der Waals surface area contributed by atoms with Gasteiger partial charge in [0.2, 0.25) is 5.95 Å². The van der Waals surface area contributed by atoms with E-state index in [1.165, 1.54) is 21.8 Å². The van der Waals surface area contributed by atoms with Crippen LogP contribution >= 0.6 is 15.9 Å². The third kappa shape index (κ3) is 5.59. The van der Waals surface area contributed by atoms with Crippen molar-refractivity contribution in [2.75, 3.05) is 31.2 Å². The summed E-state index contributed by atoms with van der Waals surface area (Å²) in [6.45, 7) is -1.45. The monoisotopic (exact) mass is 672 g/mol. The highest BCUT2D eigenvalue weighted by atomic mass is 31.2. The molecule has 45 heavy (non-hydrogen) atoms. The van der Waals surface area contributed by atoms with Crippen LogP contribution in [-0.2, 0) is 27.7 Å².